The van der Waals surface area contributed by atoms with Gasteiger partial charge < -0.3 is 5.11 Å². The first-order valence-corrected chi connectivity index (χ1v) is 5.86. The van der Waals surface area contributed by atoms with E-state index in [1.807, 2.05) is 12.1 Å². The standard InChI is InChI=1S/C13H19NO/c1-2-13(7-3-4-8-13)12(15)11-6-5-9-14-10-11/h5-6,9-10,12,15H,2-4,7-8H2,1H3. The van der Waals surface area contributed by atoms with Crippen LogP contribution in [0.3, 0.4) is 0 Å². The number of pyridine rings is 1. The predicted octanol–water partition coefficient (Wildman–Crippen LogP) is 3.09. The van der Waals surface area contributed by atoms with E-state index in [1.165, 1.54) is 12.8 Å². The van der Waals surface area contributed by atoms with Crippen LogP contribution < -0.4 is 0 Å². The van der Waals surface area contributed by atoms with Crippen molar-refractivity contribution in [3.05, 3.63) is 30.1 Å². The molecule has 0 spiro atoms. The number of aliphatic hydroxyl groups is 1. The van der Waals surface area contributed by atoms with Gasteiger partial charge in [-0.15, -0.1) is 0 Å². The largest absolute Gasteiger partial charge is 0.388 e. The Bertz CT molecular complexity index is 304. The van der Waals surface area contributed by atoms with E-state index < -0.39 is 0 Å². The molecule has 1 heterocycles. The van der Waals surface area contributed by atoms with Gasteiger partial charge in [-0.05, 0) is 30.9 Å². The van der Waals surface area contributed by atoms with Crippen LogP contribution in [0.2, 0.25) is 0 Å². The summed E-state index contributed by atoms with van der Waals surface area (Å²) in [6.45, 7) is 2.19. The molecular weight excluding hydrogens is 186 g/mol. The average molecular weight is 205 g/mol. The van der Waals surface area contributed by atoms with E-state index in [1.54, 1.807) is 12.4 Å². The van der Waals surface area contributed by atoms with Crippen LogP contribution in [-0.4, -0.2) is 10.1 Å². The zero-order valence-corrected chi connectivity index (χ0v) is 9.32. The second-order valence-electron chi connectivity index (χ2n) is 4.61. The maximum absolute atomic E-state index is 10.4. The first-order chi connectivity index (χ1) is 7.28. The van der Waals surface area contributed by atoms with Gasteiger partial charge in [-0.2, -0.15) is 0 Å². The highest BCUT2D eigenvalue weighted by Gasteiger charge is 2.39. The molecule has 1 aliphatic carbocycles. The van der Waals surface area contributed by atoms with Gasteiger partial charge in [0.1, 0.15) is 0 Å². The summed E-state index contributed by atoms with van der Waals surface area (Å²) in [5.74, 6) is 0. The summed E-state index contributed by atoms with van der Waals surface area (Å²) in [6.07, 6.45) is 9.08. The first kappa shape index (κ1) is 10.6. The lowest BCUT2D eigenvalue weighted by Gasteiger charge is -2.33. The quantitative estimate of drug-likeness (QED) is 0.822. The number of aromatic nitrogens is 1. The molecule has 1 aromatic rings. The van der Waals surface area contributed by atoms with E-state index in [-0.39, 0.29) is 11.5 Å². The van der Waals surface area contributed by atoms with Crippen molar-refractivity contribution in [3.63, 3.8) is 0 Å². The Hall–Kier alpha value is -0.890. The maximum atomic E-state index is 10.4. The Morgan fingerprint density at radius 3 is 2.73 bits per heavy atom. The van der Waals surface area contributed by atoms with Crippen molar-refractivity contribution in [2.24, 2.45) is 5.41 Å². The van der Waals surface area contributed by atoms with E-state index in [9.17, 15) is 5.11 Å². The molecule has 2 heteroatoms. The van der Waals surface area contributed by atoms with Crippen LogP contribution in [0.5, 0.6) is 0 Å². The molecule has 1 aromatic heterocycles. The van der Waals surface area contributed by atoms with Crippen molar-refractivity contribution in [1.29, 1.82) is 0 Å². The van der Waals surface area contributed by atoms with Crippen LogP contribution in [0, 0.1) is 5.41 Å². The molecule has 0 saturated heterocycles. The highest BCUT2D eigenvalue weighted by atomic mass is 16.3. The molecule has 82 valence electrons. The highest BCUT2D eigenvalue weighted by molar-refractivity contribution is 5.15. The Balaban J connectivity index is 2.22. The summed E-state index contributed by atoms with van der Waals surface area (Å²) >= 11 is 0. The van der Waals surface area contributed by atoms with Crippen LogP contribution >= 0.6 is 0 Å². The second kappa shape index (κ2) is 4.31. The molecule has 1 unspecified atom stereocenters. The molecule has 2 rings (SSSR count). The van der Waals surface area contributed by atoms with Gasteiger partial charge in [-0.1, -0.05) is 25.8 Å². The molecule has 0 aromatic carbocycles. The number of hydrogen-bond acceptors (Lipinski definition) is 2. The molecule has 0 bridgehead atoms. The third kappa shape index (κ3) is 1.91. The summed E-state index contributed by atoms with van der Waals surface area (Å²) < 4.78 is 0. The molecule has 1 atom stereocenters. The van der Waals surface area contributed by atoms with Crippen molar-refractivity contribution in [2.75, 3.05) is 0 Å². The summed E-state index contributed by atoms with van der Waals surface area (Å²) in [5.41, 5.74) is 1.09. The fourth-order valence-electron chi connectivity index (χ4n) is 2.79. The van der Waals surface area contributed by atoms with Gasteiger partial charge >= 0.3 is 0 Å². The monoisotopic (exact) mass is 205 g/mol. The number of rotatable bonds is 3. The van der Waals surface area contributed by atoms with E-state index in [4.69, 9.17) is 0 Å². The Morgan fingerprint density at radius 2 is 2.20 bits per heavy atom. The van der Waals surface area contributed by atoms with Gasteiger partial charge in [0.2, 0.25) is 0 Å². The number of nitrogens with zero attached hydrogens (tertiary/aromatic N) is 1. The molecule has 0 radical (unpaired) electrons. The summed E-state index contributed by atoms with van der Waals surface area (Å²) in [6, 6.07) is 3.88. The summed E-state index contributed by atoms with van der Waals surface area (Å²) in [5, 5.41) is 10.4. The molecular formula is C13H19NO. The molecule has 1 fully saturated rings. The molecule has 15 heavy (non-hydrogen) atoms. The normalized spacial score (nSPS) is 21.5. The fourth-order valence-corrected chi connectivity index (χ4v) is 2.79. The van der Waals surface area contributed by atoms with Gasteiger partial charge in [0.05, 0.1) is 6.10 Å². The van der Waals surface area contributed by atoms with Crippen molar-refractivity contribution in [2.45, 2.75) is 45.1 Å². The Morgan fingerprint density at radius 1 is 1.47 bits per heavy atom. The Kier molecular flexibility index (Phi) is 3.06. The molecule has 0 amide bonds. The zero-order chi connectivity index (χ0) is 10.7. The predicted molar refractivity (Wildman–Crippen MR) is 60.4 cm³/mol. The van der Waals surface area contributed by atoms with Gasteiger partial charge in [-0.3, -0.25) is 4.98 Å². The van der Waals surface area contributed by atoms with Crippen molar-refractivity contribution in [1.82, 2.24) is 4.98 Å². The second-order valence-corrected chi connectivity index (χ2v) is 4.61. The third-order valence-electron chi connectivity index (χ3n) is 3.88. The minimum absolute atomic E-state index is 0.114. The van der Waals surface area contributed by atoms with E-state index >= 15 is 0 Å². The fraction of sp³-hybridized carbons (Fsp3) is 0.615. The maximum Gasteiger partial charge on any atom is 0.0860 e. The average Bonchev–Trinajstić information content (AvgIpc) is 2.79. The van der Waals surface area contributed by atoms with Gasteiger partial charge in [0.15, 0.2) is 0 Å². The van der Waals surface area contributed by atoms with E-state index in [0.717, 1.165) is 24.8 Å². The number of aliphatic hydroxyl groups excluding tert-OH is 1. The Labute approximate surface area is 91.4 Å². The van der Waals surface area contributed by atoms with Crippen molar-refractivity contribution < 1.29 is 5.11 Å². The third-order valence-corrected chi connectivity index (χ3v) is 3.88. The first-order valence-electron chi connectivity index (χ1n) is 5.86. The van der Waals surface area contributed by atoms with Gasteiger partial charge in [-0.25, -0.2) is 0 Å². The lowest BCUT2D eigenvalue weighted by Crippen LogP contribution is -2.25. The molecule has 1 saturated carbocycles. The van der Waals surface area contributed by atoms with E-state index in [2.05, 4.69) is 11.9 Å². The van der Waals surface area contributed by atoms with Gasteiger partial charge in [0.25, 0.3) is 0 Å². The summed E-state index contributed by atoms with van der Waals surface area (Å²) in [4.78, 5) is 4.08. The zero-order valence-electron chi connectivity index (χ0n) is 9.32. The van der Waals surface area contributed by atoms with Crippen LogP contribution in [0.25, 0.3) is 0 Å². The van der Waals surface area contributed by atoms with Crippen LogP contribution in [0.1, 0.15) is 50.7 Å². The lowest BCUT2D eigenvalue weighted by molar-refractivity contribution is 0.0235. The van der Waals surface area contributed by atoms with E-state index in [0.29, 0.717) is 0 Å². The van der Waals surface area contributed by atoms with Crippen molar-refractivity contribution in [3.8, 4) is 0 Å². The lowest BCUT2D eigenvalue weighted by atomic mass is 9.75. The van der Waals surface area contributed by atoms with Crippen molar-refractivity contribution >= 4 is 0 Å². The number of hydrogen-bond donors (Lipinski definition) is 1. The summed E-state index contributed by atoms with van der Waals surface area (Å²) in [7, 11) is 0. The molecule has 1 N–H and O–H groups in total. The topological polar surface area (TPSA) is 33.1 Å². The highest BCUT2D eigenvalue weighted by Crippen LogP contribution is 2.49. The minimum atomic E-state index is -0.335. The van der Waals surface area contributed by atoms with Crippen LogP contribution in [0.4, 0.5) is 0 Å². The molecule has 0 aliphatic heterocycles. The minimum Gasteiger partial charge on any atom is -0.388 e. The SMILES string of the molecule is CCC1(C(O)c2cccnc2)CCCC1. The van der Waals surface area contributed by atoms with Crippen LogP contribution in [0.15, 0.2) is 24.5 Å². The smallest absolute Gasteiger partial charge is 0.0860 e. The molecule has 1 aliphatic rings. The van der Waals surface area contributed by atoms with Crippen LogP contribution in [-0.2, 0) is 0 Å². The molecule has 2 nitrogen and oxygen atoms in total. The van der Waals surface area contributed by atoms with Gasteiger partial charge in [0, 0.05) is 17.8 Å².